The molecule has 1 aromatic carbocycles. The number of fused-ring (bicyclic) bond motifs is 1. The Hall–Kier alpha value is -1.91. The molecule has 4 nitrogen and oxygen atoms in total. The highest BCUT2D eigenvalue weighted by molar-refractivity contribution is 6.50. The third-order valence-corrected chi connectivity index (χ3v) is 3.94. The number of benzene rings is 1. The molecule has 0 bridgehead atoms. The molecule has 1 aliphatic heterocycles. The zero-order chi connectivity index (χ0) is 14.1. The third kappa shape index (κ3) is 2.28. The summed E-state index contributed by atoms with van der Waals surface area (Å²) in [6.07, 6.45) is 3.77. The van der Waals surface area contributed by atoms with Gasteiger partial charge in [-0.3, -0.25) is 4.79 Å². The minimum absolute atomic E-state index is 0.108. The molecule has 0 fully saturated rings. The zero-order valence-electron chi connectivity index (χ0n) is 11.7. The molecule has 5 heteroatoms. The van der Waals surface area contributed by atoms with Crippen molar-refractivity contribution >= 4 is 13.1 Å². The summed E-state index contributed by atoms with van der Waals surface area (Å²) in [5.74, 6) is 0.962. The van der Waals surface area contributed by atoms with E-state index in [1.165, 1.54) is 12.7 Å². The van der Waals surface area contributed by atoms with E-state index in [4.69, 9.17) is 14.0 Å². The predicted octanol–water partition coefficient (Wildman–Crippen LogP) is 2.85. The normalized spacial score (nSPS) is 24.3. The van der Waals surface area contributed by atoms with Gasteiger partial charge in [-0.25, -0.2) is 0 Å². The van der Waals surface area contributed by atoms with Crippen molar-refractivity contribution in [1.29, 1.82) is 0 Å². The molecule has 2 aliphatic rings. The standard InChI is InChI=1S/C15H17BO4/c1-10-7-8-11(15(17)18-2)12(9-10)16-19-13-5-3-4-6-14(13)20-16/h3-6,9,11-12H,7-8H2,1-2H3/t11-,12+/m1/s1. The summed E-state index contributed by atoms with van der Waals surface area (Å²) in [6.45, 7) is 2.07. The molecule has 1 aliphatic carbocycles. The monoisotopic (exact) mass is 272 g/mol. The molecule has 1 aromatic rings. The van der Waals surface area contributed by atoms with Crippen LogP contribution in [0.2, 0.25) is 5.82 Å². The van der Waals surface area contributed by atoms with Crippen molar-refractivity contribution in [1.82, 2.24) is 0 Å². The molecule has 20 heavy (non-hydrogen) atoms. The Balaban J connectivity index is 1.84. The van der Waals surface area contributed by atoms with Crippen LogP contribution in [-0.2, 0) is 9.53 Å². The van der Waals surface area contributed by atoms with E-state index in [2.05, 4.69) is 13.0 Å². The molecule has 0 N–H and O–H groups in total. The minimum Gasteiger partial charge on any atom is -0.523 e. The predicted molar refractivity (Wildman–Crippen MR) is 75.7 cm³/mol. The van der Waals surface area contributed by atoms with Gasteiger partial charge in [-0.15, -0.1) is 0 Å². The lowest BCUT2D eigenvalue weighted by molar-refractivity contribution is -0.145. The quantitative estimate of drug-likeness (QED) is 0.471. The summed E-state index contributed by atoms with van der Waals surface area (Å²) in [5.41, 5.74) is 1.26. The average Bonchev–Trinajstić information content (AvgIpc) is 2.90. The molecule has 1 heterocycles. The molecule has 0 unspecified atom stereocenters. The van der Waals surface area contributed by atoms with Crippen molar-refractivity contribution in [3.05, 3.63) is 35.9 Å². The fourth-order valence-electron chi connectivity index (χ4n) is 2.87. The number of ether oxygens (including phenoxy) is 1. The number of carbonyl (C=O) groups is 1. The smallest absolute Gasteiger partial charge is 0.523 e. The molecule has 0 aromatic heterocycles. The molecule has 0 spiro atoms. The van der Waals surface area contributed by atoms with Crippen LogP contribution in [0.1, 0.15) is 19.8 Å². The highest BCUT2D eigenvalue weighted by Crippen LogP contribution is 2.42. The Morgan fingerprint density at radius 3 is 2.55 bits per heavy atom. The van der Waals surface area contributed by atoms with Crippen LogP contribution in [0, 0.1) is 5.92 Å². The van der Waals surface area contributed by atoms with Crippen molar-refractivity contribution in [2.45, 2.75) is 25.6 Å². The Morgan fingerprint density at radius 2 is 1.95 bits per heavy atom. The van der Waals surface area contributed by atoms with Gasteiger partial charge in [-0.05, 0) is 31.9 Å². The highest BCUT2D eigenvalue weighted by atomic mass is 16.6. The Bertz CT molecular complexity index is 530. The molecule has 3 rings (SSSR count). The average molecular weight is 272 g/mol. The van der Waals surface area contributed by atoms with Crippen LogP contribution in [0.3, 0.4) is 0 Å². The van der Waals surface area contributed by atoms with Crippen molar-refractivity contribution in [3.8, 4) is 11.5 Å². The summed E-state index contributed by atoms with van der Waals surface area (Å²) in [6, 6.07) is 7.57. The van der Waals surface area contributed by atoms with Gasteiger partial charge in [-0.1, -0.05) is 23.8 Å². The van der Waals surface area contributed by atoms with Crippen molar-refractivity contribution in [2.24, 2.45) is 5.92 Å². The first kappa shape index (κ1) is 13.1. The van der Waals surface area contributed by atoms with Gasteiger partial charge >= 0.3 is 13.1 Å². The number of allylic oxidation sites excluding steroid dienone is 2. The largest absolute Gasteiger partial charge is 0.603 e. The molecular formula is C15H17BO4. The van der Waals surface area contributed by atoms with E-state index in [-0.39, 0.29) is 17.7 Å². The summed E-state index contributed by atoms with van der Waals surface area (Å²) >= 11 is 0. The molecule has 0 amide bonds. The molecule has 0 saturated carbocycles. The number of carbonyl (C=O) groups excluding carboxylic acids is 1. The van der Waals surface area contributed by atoms with Gasteiger partial charge in [-0.2, -0.15) is 0 Å². The second-order valence-corrected chi connectivity index (χ2v) is 5.31. The van der Waals surface area contributed by atoms with E-state index >= 15 is 0 Å². The number of rotatable bonds is 2. The highest BCUT2D eigenvalue weighted by Gasteiger charge is 2.47. The first-order valence-electron chi connectivity index (χ1n) is 6.86. The van der Waals surface area contributed by atoms with Crippen LogP contribution in [-0.4, -0.2) is 20.2 Å². The van der Waals surface area contributed by atoms with Crippen LogP contribution >= 0.6 is 0 Å². The van der Waals surface area contributed by atoms with E-state index in [0.29, 0.717) is 0 Å². The molecule has 104 valence electrons. The van der Waals surface area contributed by atoms with Crippen molar-refractivity contribution < 1.29 is 18.8 Å². The molecule has 2 atom stereocenters. The van der Waals surface area contributed by atoms with Gasteiger partial charge in [0.2, 0.25) is 0 Å². The summed E-state index contributed by atoms with van der Waals surface area (Å²) in [5, 5.41) is 0. The maximum absolute atomic E-state index is 12.0. The van der Waals surface area contributed by atoms with Gasteiger partial charge in [0, 0.05) is 0 Å². The van der Waals surface area contributed by atoms with Gasteiger partial charge in [0.05, 0.1) is 18.8 Å². The van der Waals surface area contributed by atoms with E-state index < -0.39 is 7.12 Å². The van der Waals surface area contributed by atoms with Crippen LogP contribution in [0.5, 0.6) is 11.5 Å². The topological polar surface area (TPSA) is 44.8 Å². The number of hydrogen-bond donors (Lipinski definition) is 0. The van der Waals surface area contributed by atoms with E-state index in [1.807, 2.05) is 24.3 Å². The Morgan fingerprint density at radius 1 is 1.30 bits per heavy atom. The number of para-hydroxylation sites is 2. The maximum Gasteiger partial charge on any atom is 0.603 e. The first-order chi connectivity index (χ1) is 9.69. The second-order valence-electron chi connectivity index (χ2n) is 5.31. The van der Waals surface area contributed by atoms with E-state index in [9.17, 15) is 4.79 Å². The zero-order valence-corrected chi connectivity index (χ0v) is 11.7. The SMILES string of the molecule is COC(=O)[C@@H]1CCC(C)=C[C@@H]1B1Oc2ccccc2O1. The number of esters is 1. The third-order valence-electron chi connectivity index (χ3n) is 3.94. The molecule has 0 saturated heterocycles. The van der Waals surface area contributed by atoms with Crippen molar-refractivity contribution in [3.63, 3.8) is 0 Å². The van der Waals surface area contributed by atoms with Gasteiger partial charge in [0.25, 0.3) is 0 Å². The fraction of sp³-hybridized carbons (Fsp3) is 0.400. The maximum atomic E-state index is 12.0. The summed E-state index contributed by atoms with van der Waals surface area (Å²) in [7, 11) is 0.974. The second kappa shape index (κ2) is 5.23. The van der Waals surface area contributed by atoms with Crippen LogP contribution in [0.15, 0.2) is 35.9 Å². The van der Waals surface area contributed by atoms with Crippen LogP contribution in [0.25, 0.3) is 0 Å². The van der Waals surface area contributed by atoms with Crippen LogP contribution < -0.4 is 9.31 Å². The van der Waals surface area contributed by atoms with E-state index in [0.717, 1.165) is 24.3 Å². The van der Waals surface area contributed by atoms with Gasteiger partial charge in [0.15, 0.2) is 0 Å². The number of hydrogen-bond acceptors (Lipinski definition) is 4. The first-order valence-corrected chi connectivity index (χ1v) is 6.86. The minimum atomic E-state index is -0.452. The lowest BCUT2D eigenvalue weighted by atomic mass is 9.61. The molecule has 0 radical (unpaired) electrons. The lowest BCUT2D eigenvalue weighted by Crippen LogP contribution is -2.39. The van der Waals surface area contributed by atoms with Gasteiger partial charge < -0.3 is 14.0 Å². The fourth-order valence-corrected chi connectivity index (χ4v) is 2.87. The van der Waals surface area contributed by atoms with Gasteiger partial charge in [0.1, 0.15) is 11.5 Å². The Labute approximate surface area is 118 Å². The van der Waals surface area contributed by atoms with Crippen molar-refractivity contribution in [2.75, 3.05) is 7.11 Å². The lowest BCUT2D eigenvalue weighted by Gasteiger charge is -2.27. The molecular weight excluding hydrogens is 255 g/mol. The number of methoxy groups -OCH3 is 1. The summed E-state index contributed by atoms with van der Waals surface area (Å²) < 4.78 is 16.6. The summed E-state index contributed by atoms with van der Waals surface area (Å²) in [4.78, 5) is 12.0. The van der Waals surface area contributed by atoms with E-state index in [1.54, 1.807) is 0 Å². The van der Waals surface area contributed by atoms with Crippen LogP contribution in [0.4, 0.5) is 0 Å². The Kier molecular flexibility index (Phi) is 3.43.